The fraction of sp³-hybridized carbons (Fsp3) is 1.00. The van der Waals surface area contributed by atoms with E-state index in [1.54, 1.807) is 0 Å². The zero-order valence-electron chi connectivity index (χ0n) is 11.0. The van der Waals surface area contributed by atoms with E-state index in [-0.39, 0.29) is 0 Å². The predicted molar refractivity (Wildman–Crippen MR) is 69.7 cm³/mol. The molecule has 0 unspecified atom stereocenters. The number of piperidine rings is 1. The Morgan fingerprint density at radius 3 is 2.12 bits per heavy atom. The Balaban J connectivity index is 1.71. The second kappa shape index (κ2) is 6.02. The Morgan fingerprint density at radius 1 is 0.938 bits per heavy atom. The third-order valence-corrected chi connectivity index (χ3v) is 4.19. The van der Waals surface area contributed by atoms with Gasteiger partial charge in [-0.3, -0.25) is 0 Å². The van der Waals surface area contributed by atoms with E-state index in [2.05, 4.69) is 24.1 Å². The maximum absolute atomic E-state index is 3.68. The summed E-state index contributed by atoms with van der Waals surface area (Å²) in [5, 5.41) is 3.68. The summed E-state index contributed by atoms with van der Waals surface area (Å²) in [7, 11) is 0. The molecule has 1 aliphatic carbocycles. The van der Waals surface area contributed by atoms with Crippen LogP contribution in [-0.2, 0) is 0 Å². The lowest BCUT2D eigenvalue weighted by Crippen LogP contribution is -2.48. The van der Waals surface area contributed by atoms with Crippen molar-refractivity contribution < 1.29 is 0 Å². The molecule has 94 valence electrons. The van der Waals surface area contributed by atoms with E-state index < -0.39 is 0 Å². The number of nitrogens with zero attached hydrogens (tertiary/aromatic N) is 1. The van der Waals surface area contributed by atoms with Gasteiger partial charge in [-0.1, -0.05) is 33.1 Å². The highest BCUT2D eigenvalue weighted by atomic mass is 15.2. The molecule has 16 heavy (non-hydrogen) atoms. The molecule has 2 rings (SSSR count). The van der Waals surface area contributed by atoms with Crippen LogP contribution in [0.3, 0.4) is 0 Å². The van der Waals surface area contributed by atoms with Crippen molar-refractivity contribution >= 4 is 0 Å². The van der Waals surface area contributed by atoms with Gasteiger partial charge in [-0.15, -0.1) is 0 Å². The number of nitrogens with one attached hydrogen (secondary N) is 1. The summed E-state index contributed by atoms with van der Waals surface area (Å²) < 4.78 is 0. The molecule has 2 heteroatoms. The molecule has 1 heterocycles. The van der Waals surface area contributed by atoms with Gasteiger partial charge in [0.05, 0.1) is 0 Å². The van der Waals surface area contributed by atoms with Gasteiger partial charge in [0, 0.05) is 18.1 Å². The first-order valence-electron chi connectivity index (χ1n) is 7.26. The molecule has 0 amide bonds. The topological polar surface area (TPSA) is 15.3 Å². The molecule has 2 aliphatic rings. The molecule has 1 N–H and O–H groups in total. The van der Waals surface area contributed by atoms with Crippen LogP contribution >= 0.6 is 0 Å². The van der Waals surface area contributed by atoms with Crippen molar-refractivity contribution in [2.24, 2.45) is 0 Å². The van der Waals surface area contributed by atoms with Crippen LogP contribution in [0, 0.1) is 0 Å². The van der Waals surface area contributed by atoms with E-state index in [1.165, 1.54) is 58.0 Å². The molecule has 2 nitrogen and oxygen atoms in total. The SMILES string of the molecule is CC(C)NC1CCN(C2CCCCC2)CC1. The molecule has 0 bridgehead atoms. The number of hydrogen-bond acceptors (Lipinski definition) is 2. The van der Waals surface area contributed by atoms with Gasteiger partial charge in [0.2, 0.25) is 0 Å². The van der Waals surface area contributed by atoms with Crippen LogP contribution in [0.25, 0.3) is 0 Å². The molecule has 0 atom stereocenters. The highest BCUT2D eigenvalue weighted by Gasteiger charge is 2.25. The van der Waals surface area contributed by atoms with Crippen molar-refractivity contribution in [3.05, 3.63) is 0 Å². The molecule has 1 aliphatic heterocycles. The lowest BCUT2D eigenvalue weighted by atomic mass is 9.92. The summed E-state index contributed by atoms with van der Waals surface area (Å²) >= 11 is 0. The zero-order valence-corrected chi connectivity index (χ0v) is 11.0. The van der Waals surface area contributed by atoms with Crippen molar-refractivity contribution in [3.63, 3.8) is 0 Å². The van der Waals surface area contributed by atoms with E-state index in [9.17, 15) is 0 Å². The maximum atomic E-state index is 3.68. The molecule has 1 saturated carbocycles. The molecule has 0 radical (unpaired) electrons. The van der Waals surface area contributed by atoms with Gasteiger partial charge in [0.1, 0.15) is 0 Å². The molecular weight excluding hydrogens is 196 g/mol. The van der Waals surface area contributed by atoms with Crippen LogP contribution in [0.2, 0.25) is 0 Å². The van der Waals surface area contributed by atoms with E-state index in [0.717, 1.165) is 12.1 Å². The summed E-state index contributed by atoms with van der Waals surface area (Å²) in [4.78, 5) is 2.76. The Bertz CT molecular complexity index is 189. The van der Waals surface area contributed by atoms with Crippen molar-refractivity contribution in [3.8, 4) is 0 Å². The van der Waals surface area contributed by atoms with Crippen molar-refractivity contribution in [1.29, 1.82) is 0 Å². The number of likely N-dealkylation sites (tertiary alicyclic amines) is 1. The van der Waals surface area contributed by atoms with Gasteiger partial charge < -0.3 is 10.2 Å². The normalized spacial score (nSPS) is 26.4. The highest BCUT2D eigenvalue weighted by molar-refractivity contribution is 4.83. The minimum atomic E-state index is 0.645. The third kappa shape index (κ3) is 3.46. The van der Waals surface area contributed by atoms with E-state index in [4.69, 9.17) is 0 Å². The van der Waals surface area contributed by atoms with Crippen molar-refractivity contribution in [1.82, 2.24) is 10.2 Å². The molecule has 0 spiro atoms. The fourth-order valence-electron chi connectivity index (χ4n) is 3.35. The first kappa shape index (κ1) is 12.4. The Hall–Kier alpha value is -0.0800. The summed E-state index contributed by atoms with van der Waals surface area (Å²) in [6.45, 7) is 7.17. The molecular formula is C14H28N2. The number of hydrogen-bond donors (Lipinski definition) is 1. The minimum Gasteiger partial charge on any atom is -0.312 e. The van der Waals surface area contributed by atoms with Crippen LogP contribution < -0.4 is 5.32 Å². The smallest absolute Gasteiger partial charge is 0.00952 e. The van der Waals surface area contributed by atoms with E-state index in [1.807, 2.05) is 0 Å². The lowest BCUT2D eigenvalue weighted by molar-refractivity contribution is 0.114. The molecule has 0 aromatic rings. The molecule has 2 fully saturated rings. The Labute approximate surface area is 101 Å². The monoisotopic (exact) mass is 224 g/mol. The first-order chi connectivity index (χ1) is 7.75. The summed E-state index contributed by atoms with van der Waals surface area (Å²) in [6, 6.07) is 2.35. The van der Waals surface area contributed by atoms with Crippen LogP contribution in [-0.4, -0.2) is 36.1 Å². The average Bonchev–Trinajstić information content (AvgIpc) is 2.30. The first-order valence-corrected chi connectivity index (χ1v) is 7.26. The fourth-order valence-corrected chi connectivity index (χ4v) is 3.35. The van der Waals surface area contributed by atoms with Gasteiger partial charge in [0.25, 0.3) is 0 Å². The Kier molecular flexibility index (Phi) is 4.66. The van der Waals surface area contributed by atoms with Crippen LogP contribution in [0.5, 0.6) is 0 Å². The largest absolute Gasteiger partial charge is 0.312 e. The summed E-state index contributed by atoms with van der Waals surface area (Å²) in [5.74, 6) is 0. The maximum Gasteiger partial charge on any atom is 0.00952 e. The molecule has 0 aromatic carbocycles. The lowest BCUT2D eigenvalue weighted by Gasteiger charge is -2.40. The van der Waals surface area contributed by atoms with E-state index in [0.29, 0.717) is 6.04 Å². The van der Waals surface area contributed by atoms with Crippen molar-refractivity contribution in [2.75, 3.05) is 13.1 Å². The summed E-state index contributed by atoms with van der Waals surface area (Å²) in [6.07, 6.45) is 10.0. The zero-order chi connectivity index (χ0) is 11.4. The second-order valence-electron chi connectivity index (χ2n) is 5.92. The van der Waals surface area contributed by atoms with Gasteiger partial charge in [-0.25, -0.2) is 0 Å². The third-order valence-electron chi connectivity index (χ3n) is 4.19. The van der Waals surface area contributed by atoms with Crippen LogP contribution in [0.15, 0.2) is 0 Å². The summed E-state index contributed by atoms with van der Waals surface area (Å²) in [5.41, 5.74) is 0. The van der Waals surface area contributed by atoms with Crippen molar-refractivity contribution in [2.45, 2.75) is 76.9 Å². The second-order valence-corrected chi connectivity index (χ2v) is 5.92. The van der Waals surface area contributed by atoms with Gasteiger partial charge in [-0.05, 0) is 38.8 Å². The quantitative estimate of drug-likeness (QED) is 0.793. The van der Waals surface area contributed by atoms with E-state index >= 15 is 0 Å². The standard InChI is InChI=1S/C14H28N2/c1-12(2)15-13-8-10-16(11-9-13)14-6-4-3-5-7-14/h12-15H,3-11H2,1-2H3. The predicted octanol–water partition coefficient (Wildman–Crippen LogP) is 2.78. The van der Waals surface area contributed by atoms with Crippen LogP contribution in [0.4, 0.5) is 0 Å². The average molecular weight is 224 g/mol. The highest BCUT2D eigenvalue weighted by Crippen LogP contribution is 2.25. The van der Waals surface area contributed by atoms with Gasteiger partial charge >= 0.3 is 0 Å². The Morgan fingerprint density at radius 2 is 1.56 bits per heavy atom. The molecule has 0 aromatic heterocycles. The minimum absolute atomic E-state index is 0.645. The number of rotatable bonds is 3. The molecule has 1 saturated heterocycles. The van der Waals surface area contributed by atoms with Crippen LogP contribution in [0.1, 0.15) is 58.8 Å². The van der Waals surface area contributed by atoms with Gasteiger partial charge in [-0.2, -0.15) is 0 Å². The van der Waals surface area contributed by atoms with Gasteiger partial charge in [0.15, 0.2) is 0 Å².